The Balaban J connectivity index is 2.60. The fourth-order valence-electron chi connectivity index (χ4n) is 1.63. The minimum atomic E-state index is 0.309. The van der Waals surface area contributed by atoms with Crippen molar-refractivity contribution in [2.45, 2.75) is 33.6 Å². The molecule has 1 rings (SSSR count). The summed E-state index contributed by atoms with van der Waals surface area (Å²) >= 11 is 0. The first-order valence-electron chi connectivity index (χ1n) is 4.16. The van der Waals surface area contributed by atoms with Gasteiger partial charge in [0.2, 0.25) is 0 Å². The Kier molecular flexibility index (Phi) is 2.12. The Morgan fingerprint density at radius 3 is 2.30 bits per heavy atom. The van der Waals surface area contributed by atoms with Crippen LogP contribution in [0.25, 0.3) is 0 Å². The number of carbonyl (C=O) groups excluding carboxylic acids is 1. The van der Waals surface area contributed by atoms with E-state index >= 15 is 0 Å². The lowest BCUT2D eigenvalue weighted by atomic mass is 9.76. The molecular formula is C9H16O. The van der Waals surface area contributed by atoms with E-state index < -0.39 is 0 Å². The molecule has 0 radical (unpaired) electrons. The Morgan fingerprint density at radius 2 is 1.80 bits per heavy atom. The first-order valence-corrected chi connectivity index (χ1v) is 4.16. The molecule has 1 fully saturated rings. The zero-order valence-electron chi connectivity index (χ0n) is 7.05. The van der Waals surface area contributed by atoms with Gasteiger partial charge in [0.05, 0.1) is 0 Å². The number of rotatable bonds is 0. The predicted molar refractivity (Wildman–Crippen MR) is 41.7 cm³/mol. The van der Waals surface area contributed by atoms with Crippen LogP contribution in [-0.4, -0.2) is 5.78 Å². The number of hydrogen-bond acceptors (Lipinski definition) is 1. The molecule has 0 aromatic heterocycles. The van der Waals surface area contributed by atoms with Crippen LogP contribution in [0.1, 0.15) is 33.6 Å². The zero-order valence-corrected chi connectivity index (χ0v) is 7.05. The Morgan fingerprint density at radius 1 is 1.20 bits per heavy atom. The summed E-state index contributed by atoms with van der Waals surface area (Å²) in [6.45, 7) is 6.28. The van der Waals surface area contributed by atoms with Crippen molar-refractivity contribution in [1.29, 1.82) is 0 Å². The third-order valence-electron chi connectivity index (χ3n) is 2.84. The molecule has 1 aliphatic rings. The van der Waals surface area contributed by atoms with Gasteiger partial charge in [-0.05, 0) is 18.8 Å². The van der Waals surface area contributed by atoms with Crippen molar-refractivity contribution in [2.24, 2.45) is 17.8 Å². The fraction of sp³-hybridized carbons (Fsp3) is 0.889. The second kappa shape index (κ2) is 2.73. The third kappa shape index (κ3) is 1.23. The van der Waals surface area contributed by atoms with Crippen molar-refractivity contribution in [1.82, 2.24) is 0 Å². The number of hydrogen-bond donors (Lipinski definition) is 0. The van der Waals surface area contributed by atoms with Crippen LogP contribution in [0.5, 0.6) is 0 Å². The molecule has 1 unspecified atom stereocenters. The van der Waals surface area contributed by atoms with Crippen LogP contribution in [0.15, 0.2) is 0 Å². The summed E-state index contributed by atoms with van der Waals surface area (Å²) in [6, 6.07) is 0. The molecule has 10 heavy (non-hydrogen) atoms. The lowest BCUT2D eigenvalue weighted by Gasteiger charge is -2.28. The van der Waals surface area contributed by atoms with E-state index in [4.69, 9.17) is 0 Å². The molecule has 0 saturated heterocycles. The maximum atomic E-state index is 11.3. The SMILES string of the molecule is CC1CC[C@@H](C)[C@H](C)C1=O. The fourth-order valence-corrected chi connectivity index (χ4v) is 1.63. The summed E-state index contributed by atoms with van der Waals surface area (Å²) in [4.78, 5) is 11.3. The number of Topliss-reactive ketones (excluding diaryl/α,β-unsaturated/α-hetero) is 1. The summed E-state index contributed by atoms with van der Waals surface area (Å²) in [6.07, 6.45) is 2.33. The van der Waals surface area contributed by atoms with Gasteiger partial charge in [0.1, 0.15) is 5.78 Å². The minimum Gasteiger partial charge on any atom is -0.299 e. The standard InChI is InChI=1S/C9H16O/c1-6-4-5-7(2)9(10)8(6)3/h6-8H,4-5H2,1-3H3/t6-,7?,8+/m1/s1. The van der Waals surface area contributed by atoms with Crippen LogP contribution in [-0.2, 0) is 4.79 Å². The van der Waals surface area contributed by atoms with E-state index in [-0.39, 0.29) is 0 Å². The number of ketones is 1. The molecule has 0 amide bonds. The molecule has 1 nitrogen and oxygen atoms in total. The van der Waals surface area contributed by atoms with Crippen LogP contribution in [0, 0.1) is 17.8 Å². The lowest BCUT2D eigenvalue weighted by molar-refractivity contribution is -0.129. The number of carbonyl (C=O) groups is 1. The van der Waals surface area contributed by atoms with Crippen molar-refractivity contribution >= 4 is 5.78 Å². The van der Waals surface area contributed by atoms with Crippen LogP contribution >= 0.6 is 0 Å². The highest BCUT2D eigenvalue weighted by Gasteiger charge is 2.29. The first kappa shape index (κ1) is 7.77. The molecule has 0 aromatic rings. The topological polar surface area (TPSA) is 17.1 Å². The van der Waals surface area contributed by atoms with E-state index in [1.807, 2.05) is 6.92 Å². The lowest BCUT2D eigenvalue weighted by Crippen LogP contribution is -2.30. The molecule has 1 heteroatoms. The molecule has 0 aliphatic heterocycles. The zero-order chi connectivity index (χ0) is 7.72. The molecule has 0 aromatic carbocycles. The molecule has 0 N–H and O–H groups in total. The summed E-state index contributed by atoms with van der Waals surface area (Å²) < 4.78 is 0. The van der Waals surface area contributed by atoms with Gasteiger partial charge < -0.3 is 0 Å². The molecular weight excluding hydrogens is 124 g/mol. The maximum Gasteiger partial charge on any atom is 0.138 e. The Labute approximate surface area is 62.8 Å². The average molecular weight is 140 g/mol. The summed E-state index contributed by atoms with van der Waals surface area (Å²) in [5.41, 5.74) is 0. The van der Waals surface area contributed by atoms with E-state index in [1.165, 1.54) is 6.42 Å². The Hall–Kier alpha value is -0.330. The molecule has 0 spiro atoms. The normalized spacial score (nSPS) is 41.9. The van der Waals surface area contributed by atoms with Gasteiger partial charge in [0.15, 0.2) is 0 Å². The highest BCUT2D eigenvalue weighted by molar-refractivity contribution is 5.83. The van der Waals surface area contributed by atoms with Crippen molar-refractivity contribution in [3.8, 4) is 0 Å². The predicted octanol–water partition coefficient (Wildman–Crippen LogP) is 2.26. The highest BCUT2D eigenvalue weighted by Crippen LogP contribution is 2.29. The van der Waals surface area contributed by atoms with Gasteiger partial charge in [-0.25, -0.2) is 0 Å². The largest absolute Gasteiger partial charge is 0.299 e. The maximum absolute atomic E-state index is 11.3. The van der Waals surface area contributed by atoms with Gasteiger partial charge in [0, 0.05) is 11.8 Å². The average Bonchev–Trinajstić information content (AvgIpc) is 1.93. The molecule has 1 aliphatic carbocycles. The van der Waals surface area contributed by atoms with Crippen molar-refractivity contribution in [3.05, 3.63) is 0 Å². The van der Waals surface area contributed by atoms with Crippen LogP contribution in [0.4, 0.5) is 0 Å². The van der Waals surface area contributed by atoms with E-state index in [0.717, 1.165) is 6.42 Å². The third-order valence-corrected chi connectivity index (χ3v) is 2.84. The molecule has 0 bridgehead atoms. The second-order valence-electron chi connectivity index (χ2n) is 3.65. The molecule has 1 saturated carbocycles. The summed E-state index contributed by atoms with van der Waals surface area (Å²) in [5, 5.41) is 0. The first-order chi connectivity index (χ1) is 4.63. The van der Waals surface area contributed by atoms with Crippen molar-refractivity contribution in [3.63, 3.8) is 0 Å². The van der Waals surface area contributed by atoms with E-state index in [9.17, 15) is 4.79 Å². The van der Waals surface area contributed by atoms with Crippen molar-refractivity contribution < 1.29 is 4.79 Å². The van der Waals surface area contributed by atoms with Gasteiger partial charge in [-0.2, -0.15) is 0 Å². The van der Waals surface area contributed by atoms with Crippen molar-refractivity contribution in [2.75, 3.05) is 0 Å². The quantitative estimate of drug-likeness (QED) is 0.504. The van der Waals surface area contributed by atoms with E-state index in [1.54, 1.807) is 0 Å². The molecule has 3 atom stereocenters. The van der Waals surface area contributed by atoms with E-state index in [0.29, 0.717) is 23.5 Å². The Bertz CT molecular complexity index is 140. The second-order valence-corrected chi connectivity index (χ2v) is 3.65. The summed E-state index contributed by atoms with van der Waals surface area (Å²) in [7, 11) is 0. The van der Waals surface area contributed by atoms with Crippen LogP contribution in [0.3, 0.4) is 0 Å². The molecule has 58 valence electrons. The highest BCUT2D eigenvalue weighted by atomic mass is 16.1. The van der Waals surface area contributed by atoms with Gasteiger partial charge >= 0.3 is 0 Å². The van der Waals surface area contributed by atoms with Gasteiger partial charge in [-0.15, -0.1) is 0 Å². The van der Waals surface area contributed by atoms with Gasteiger partial charge in [-0.3, -0.25) is 4.79 Å². The van der Waals surface area contributed by atoms with Crippen LogP contribution < -0.4 is 0 Å². The van der Waals surface area contributed by atoms with E-state index in [2.05, 4.69) is 13.8 Å². The van der Waals surface area contributed by atoms with Crippen LogP contribution in [0.2, 0.25) is 0 Å². The van der Waals surface area contributed by atoms with Gasteiger partial charge in [-0.1, -0.05) is 20.8 Å². The summed E-state index contributed by atoms with van der Waals surface area (Å²) in [5.74, 6) is 1.72. The van der Waals surface area contributed by atoms with Gasteiger partial charge in [0.25, 0.3) is 0 Å². The monoisotopic (exact) mass is 140 g/mol. The smallest absolute Gasteiger partial charge is 0.138 e. The molecule has 0 heterocycles. The minimum absolute atomic E-state index is 0.309.